The molecular formula is C16H19ClN4. The van der Waals surface area contributed by atoms with E-state index in [1.54, 1.807) is 0 Å². The highest BCUT2D eigenvalue weighted by Crippen LogP contribution is 2.23. The predicted molar refractivity (Wildman–Crippen MR) is 87.6 cm³/mol. The summed E-state index contributed by atoms with van der Waals surface area (Å²) in [5.41, 5.74) is 2.06. The van der Waals surface area contributed by atoms with Gasteiger partial charge < -0.3 is 10.2 Å². The quantitative estimate of drug-likeness (QED) is 0.924. The normalized spacial score (nSPS) is 15.0. The molecule has 0 saturated carbocycles. The molecule has 0 unspecified atom stereocenters. The summed E-state index contributed by atoms with van der Waals surface area (Å²) in [4.78, 5) is 11.3. The summed E-state index contributed by atoms with van der Waals surface area (Å²) in [6.45, 7) is 4.18. The monoisotopic (exact) mass is 302 g/mol. The van der Waals surface area contributed by atoms with E-state index < -0.39 is 0 Å². The Morgan fingerprint density at radius 1 is 1.14 bits per heavy atom. The number of hydrogen-bond donors (Lipinski definition) is 1. The third kappa shape index (κ3) is 3.45. The molecule has 2 aromatic rings. The molecule has 1 fully saturated rings. The van der Waals surface area contributed by atoms with E-state index in [4.69, 9.17) is 11.6 Å². The molecule has 0 spiro atoms. The van der Waals surface area contributed by atoms with Crippen LogP contribution in [-0.2, 0) is 0 Å². The molecule has 21 heavy (non-hydrogen) atoms. The molecule has 0 atom stereocenters. The zero-order valence-corrected chi connectivity index (χ0v) is 12.9. The van der Waals surface area contributed by atoms with Crippen LogP contribution >= 0.6 is 11.6 Å². The van der Waals surface area contributed by atoms with Gasteiger partial charge in [-0.15, -0.1) is 0 Å². The van der Waals surface area contributed by atoms with Gasteiger partial charge in [0.25, 0.3) is 0 Å². The average molecular weight is 303 g/mol. The Hall–Kier alpha value is -1.81. The Morgan fingerprint density at radius 2 is 1.95 bits per heavy atom. The van der Waals surface area contributed by atoms with Crippen LogP contribution in [0, 0.1) is 6.92 Å². The predicted octanol–water partition coefficient (Wildman–Crippen LogP) is 4.17. The number of aryl methyl sites for hydroxylation is 1. The first-order valence-corrected chi connectivity index (χ1v) is 7.71. The lowest BCUT2D eigenvalue weighted by Crippen LogP contribution is -2.30. The van der Waals surface area contributed by atoms with Crippen molar-refractivity contribution in [2.24, 2.45) is 0 Å². The molecule has 0 radical (unpaired) electrons. The second-order valence-corrected chi connectivity index (χ2v) is 5.81. The first-order valence-electron chi connectivity index (χ1n) is 7.33. The highest BCUT2D eigenvalue weighted by Gasteiger charge is 2.13. The molecule has 1 aromatic carbocycles. The van der Waals surface area contributed by atoms with Gasteiger partial charge in [0.05, 0.1) is 0 Å². The summed E-state index contributed by atoms with van der Waals surface area (Å²) in [5.74, 6) is 1.63. The van der Waals surface area contributed by atoms with Crippen LogP contribution in [0.4, 0.5) is 17.5 Å². The lowest BCUT2D eigenvalue weighted by atomic mass is 10.1. The van der Waals surface area contributed by atoms with Crippen LogP contribution in [0.2, 0.25) is 5.02 Å². The molecule has 0 aliphatic carbocycles. The fourth-order valence-electron chi connectivity index (χ4n) is 2.60. The van der Waals surface area contributed by atoms with Crippen LogP contribution in [0.25, 0.3) is 0 Å². The number of hydrogen-bond acceptors (Lipinski definition) is 4. The maximum atomic E-state index is 5.98. The summed E-state index contributed by atoms with van der Waals surface area (Å²) in [5, 5.41) is 4.01. The molecule has 1 saturated heterocycles. The molecule has 1 aliphatic rings. The van der Waals surface area contributed by atoms with Crippen molar-refractivity contribution in [2.45, 2.75) is 26.2 Å². The first-order chi connectivity index (χ1) is 10.2. The Bertz CT molecular complexity index is 623. The van der Waals surface area contributed by atoms with Gasteiger partial charge in [0.15, 0.2) is 0 Å². The molecule has 4 nitrogen and oxygen atoms in total. The molecule has 1 N–H and O–H groups in total. The number of benzene rings is 1. The van der Waals surface area contributed by atoms with Crippen LogP contribution in [0.5, 0.6) is 0 Å². The van der Waals surface area contributed by atoms with Gasteiger partial charge in [-0.25, -0.2) is 4.98 Å². The number of rotatable bonds is 3. The smallest absolute Gasteiger partial charge is 0.229 e. The maximum absolute atomic E-state index is 5.98. The van der Waals surface area contributed by atoms with Crippen molar-refractivity contribution in [1.82, 2.24) is 9.97 Å². The molecule has 1 aromatic heterocycles. The molecule has 0 amide bonds. The summed E-state index contributed by atoms with van der Waals surface area (Å²) in [6, 6.07) is 7.73. The molecule has 2 heterocycles. The fourth-order valence-corrected chi connectivity index (χ4v) is 2.82. The molecule has 3 rings (SSSR count). The van der Waals surface area contributed by atoms with Crippen LogP contribution in [0.15, 0.2) is 30.5 Å². The van der Waals surface area contributed by atoms with Gasteiger partial charge in [0.1, 0.15) is 5.82 Å². The standard InChI is InChI=1S/C16H19ClN4/c1-12-11-13(17)5-6-14(12)19-16-18-8-7-15(20-16)21-9-3-2-4-10-21/h5-8,11H,2-4,9-10H2,1H3,(H,18,19,20). The van der Waals surface area contributed by atoms with E-state index in [1.807, 2.05) is 37.4 Å². The average Bonchev–Trinajstić information content (AvgIpc) is 2.51. The van der Waals surface area contributed by atoms with Crippen LogP contribution in [0.1, 0.15) is 24.8 Å². The van der Waals surface area contributed by atoms with E-state index in [9.17, 15) is 0 Å². The summed E-state index contributed by atoms with van der Waals surface area (Å²) >= 11 is 5.98. The fraction of sp³-hybridized carbons (Fsp3) is 0.375. The van der Waals surface area contributed by atoms with Gasteiger partial charge >= 0.3 is 0 Å². The summed E-state index contributed by atoms with van der Waals surface area (Å²) in [6.07, 6.45) is 5.60. The Labute approximate surface area is 130 Å². The highest BCUT2D eigenvalue weighted by molar-refractivity contribution is 6.30. The number of nitrogens with one attached hydrogen (secondary N) is 1. The summed E-state index contributed by atoms with van der Waals surface area (Å²) < 4.78 is 0. The van der Waals surface area contributed by atoms with Crippen molar-refractivity contribution >= 4 is 29.1 Å². The van der Waals surface area contributed by atoms with E-state index in [2.05, 4.69) is 20.2 Å². The topological polar surface area (TPSA) is 41.1 Å². The van der Waals surface area contributed by atoms with Gasteiger partial charge in [-0.3, -0.25) is 0 Å². The number of aromatic nitrogens is 2. The van der Waals surface area contributed by atoms with E-state index >= 15 is 0 Å². The van der Waals surface area contributed by atoms with Crippen molar-refractivity contribution < 1.29 is 0 Å². The van der Waals surface area contributed by atoms with Crippen LogP contribution in [-0.4, -0.2) is 23.1 Å². The van der Waals surface area contributed by atoms with Gasteiger partial charge in [-0.05, 0) is 56.0 Å². The van der Waals surface area contributed by atoms with E-state index in [0.717, 1.165) is 35.2 Å². The van der Waals surface area contributed by atoms with E-state index in [-0.39, 0.29) is 0 Å². The van der Waals surface area contributed by atoms with Crippen LogP contribution in [0.3, 0.4) is 0 Å². The van der Waals surface area contributed by atoms with Crippen molar-refractivity contribution in [2.75, 3.05) is 23.3 Å². The van der Waals surface area contributed by atoms with E-state index in [1.165, 1.54) is 19.3 Å². The largest absolute Gasteiger partial charge is 0.356 e. The minimum atomic E-state index is 0.628. The zero-order valence-electron chi connectivity index (χ0n) is 12.1. The molecular weight excluding hydrogens is 284 g/mol. The third-order valence-corrected chi connectivity index (χ3v) is 3.99. The van der Waals surface area contributed by atoms with Gasteiger partial charge in [0.2, 0.25) is 5.95 Å². The first kappa shape index (κ1) is 14.1. The minimum absolute atomic E-state index is 0.628. The van der Waals surface area contributed by atoms with Gasteiger partial charge in [-0.2, -0.15) is 4.98 Å². The Balaban J connectivity index is 1.79. The number of piperidine rings is 1. The zero-order chi connectivity index (χ0) is 14.7. The van der Waals surface area contributed by atoms with Crippen molar-refractivity contribution in [3.8, 4) is 0 Å². The van der Waals surface area contributed by atoms with Crippen molar-refractivity contribution in [3.63, 3.8) is 0 Å². The molecule has 5 heteroatoms. The molecule has 110 valence electrons. The Morgan fingerprint density at radius 3 is 2.71 bits per heavy atom. The second-order valence-electron chi connectivity index (χ2n) is 5.37. The highest BCUT2D eigenvalue weighted by atomic mass is 35.5. The van der Waals surface area contributed by atoms with Gasteiger partial charge in [0, 0.05) is 30.0 Å². The SMILES string of the molecule is Cc1cc(Cl)ccc1Nc1nccc(N2CCCCC2)n1. The minimum Gasteiger partial charge on any atom is -0.356 e. The molecule has 0 bridgehead atoms. The third-order valence-electron chi connectivity index (χ3n) is 3.76. The molecule has 1 aliphatic heterocycles. The van der Waals surface area contributed by atoms with Crippen molar-refractivity contribution in [1.29, 1.82) is 0 Å². The van der Waals surface area contributed by atoms with Crippen molar-refractivity contribution in [3.05, 3.63) is 41.0 Å². The summed E-state index contributed by atoms with van der Waals surface area (Å²) in [7, 11) is 0. The maximum Gasteiger partial charge on any atom is 0.229 e. The van der Waals surface area contributed by atoms with Crippen LogP contribution < -0.4 is 10.2 Å². The number of anilines is 3. The van der Waals surface area contributed by atoms with Gasteiger partial charge in [-0.1, -0.05) is 11.6 Å². The second kappa shape index (κ2) is 6.31. The van der Waals surface area contributed by atoms with E-state index in [0.29, 0.717) is 5.95 Å². The lowest BCUT2D eigenvalue weighted by molar-refractivity contribution is 0.573. The Kier molecular flexibility index (Phi) is 4.25. The lowest BCUT2D eigenvalue weighted by Gasteiger charge is -2.27. The number of halogens is 1. The number of nitrogens with zero attached hydrogens (tertiary/aromatic N) is 3.